The zero-order valence-electron chi connectivity index (χ0n) is 8.83. The summed E-state index contributed by atoms with van der Waals surface area (Å²) < 4.78 is 0. The van der Waals surface area contributed by atoms with Crippen LogP contribution < -0.4 is 0 Å². The second-order valence-corrected chi connectivity index (χ2v) is 4.05. The minimum atomic E-state index is 0. The van der Waals surface area contributed by atoms with Gasteiger partial charge >= 0.3 is 0 Å². The molecule has 0 spiro atoms. The summed E-state index contributed by atoms with van der Waals surface area (Å²) in [6.45, 7) is 4.53. The minimum absolute atomic E-state index is 0. The molecule has 0 bridgehead atoms. The SMILES string of the molecule is C[SiH2]C.[Fe].[cH-]1[cH-][cH-][cH-][cH-]1.c1cc[cH-]c1. The summed E-state index contributed by atoms with van der Waals surface area (Å²) in [6.07, 6.45) is 0. The summed E-state index contributed by atoms with van der Waals surface area (Å²) in [4.78, 5) is 0. The van der Waals surface area contributed by atoms with Crippen molar-refractivity contribution in [1.29, 1.82) is 0 Å². The molecule has 0 nitrogen and oxygen atoms in total. The van der Waals surface area contributed by atoms with Crippen molar-refractivity contribution in [1.82, 2.24) is 0 Å². The molecule has 0 N–H and O–H groups in total. The number of hydrogen-bond donors (Lipinski definition) is 0. The number of hydrogen-bond acceptors (Lipinski definition) is 0. The van der Waals surface area contributed by atoms with Gasteiger partial charge in [0.15, 0.2) is 0 Å². The van der Waals surface area contributed by atoms with E-state index in [1.165, 1.54) is 0 Å². The fourth-order valence-corrected chi connectivity index (χ4v) is 0.642. The Bertz CT molecular complexity index is 162. The van der Waals surface area contributed by atoms with E-state index < -0.39 is 0 Å². The first-order valence-corrected chi connectivity index (χ1v) is 7.58. The first-order valence-electron chi connectivity index (χ1n) is 4.75. The zero-order valence-corrected chi connectivity index (χ0v) is 11.4. The second kappa shape index (κ2) is 14.9. The third-order valence-corrected chi connectivity index (χ3v) is 1.11. The summed E-state index contributed by atoms with van der Waals surface area (Å²) in [5.41, 5.74) is 0. The molecule has 2 rings (SSSR count). The van der Waals surface area contributed by atoms with Crippen LogP contribution in [0.1, 0.15) is 0 Å². The Morgan fingerprint density at radius 2 is 1.07 bits per heavy atom. The fourth-order valence-electron chi connectivity index (χ4n) is 0.642. The second-order valence-electron chi connectivity index (χ2n) is 2.63. The van der Waals surface area contributed by atoms with Gasteiger partial charge in [0.2, 0.25) is 0 Å². The van der Waals surface area contributed by atoms with Crippen LogP contribution >= 0.6 is 0 Å². The standard InChI is InChI=1S/2C5H5.C2H8Si.Fe/c2*1-2-4-5-3-1;1-3-2;/h2*1-5H;3H2,1-2H3;/q-5;-1;;. The fraction of sp³-hybridized carbons (Fsp3) is 0.167. The van der Waals surface area contributed by atoms with Gasteiger partial charge in [-0.25, -0.2) is 12.1 Å². The average Bonchev–Trinajstić information content (AvgIpc) is 2.85. The third-order valence-electron chi connectivity index (χ3n) is 1.11. The van der Waals surface area contributed by atoms with E-state index in [9.17, 15) is 0 Å². The maximum Gasteiger partial charge on any atom is 0.0135 e. The molecule has 0 saturated carbocycles. The van der Waals surface area contributed by atoms with Gasteiger partial charge in [0.1, 0.15) is 0 Å². The van der Waals surface area contributed by atoms with Crippen molar-refractivity contribution < 1.29 is 17.1 Å². The van der Waals surface area contributed by atoms with Gasteiger partial charge in [0.25, 0.3) is 0 Å². The number of rotatable bonds is 0. The predicted molar refractivity (Wildman–Crippen MR) is 64.3 cm³/mol. The van der Waals surface area contributed by atoms with Crippen LogP contribution in [0.15, 0.2) is 60.7 Å². The Morgan fingerprint density at radius 1 is 0.786 bits per heavy atom. The smallest absolute Gasteiger partial charge is 0.0135 e. The maximum absolute atomic E-state index is 2.26. The van der Waals surface area contributed by atoms with Crippen molar-refractivity contribution in [2.75, 3.05) is 0 Å². The monoisotopic (exact) mass is 246 g/mol. The van der Waals surface area contributed by atoms with Gasteiger partial charge in [-0.05, 0) is 0 Å². The van der Waals surface area contributed by atoms with Crippen molar-refractivity contribution in [2.24, 2.45) is 0 Å². The molecule has 0 unspecified atom stereocenters. The van der Waals surface area contributed by atoms with Crippen LogP contribution in [0.4, 0.5) is 0 Å². The van der Waals surface area contributed by atoms with Crippen LogP contribution in [-0.2, 0) is 17.1 Å². The molecule has 84 valence electrons. The molecular weight excluding hydrogens is 228 g/mol. The molecule has 2 aromatic carbocycles. The summed E-state index contributed by atoms with van der Waals surface area (Å²) in [6, 6.07) is 20.0. The minimum Gasteiger partial charge on any atom is -0.748 e. The molecule has 14 heavy (non-hydrogen) atoms. The van der Waals surface area contributed by atoms with Gasteiger partial charge in [-0.2, -0.15) is 18.2 Å². The first kappa shape index (κ1) is 15.9. The Labute approximate surface area is 100 Å². The van der Waals surface area contributed by atoms with Crippen LogP contribution in [0.25, 0.3) is 0 Å². The van der Waals surface area contributed by atoms with Crippen molar-refractivity contribution >= 4 is 9.52 Å². The molecule has 0 amide bonds. The van der Waals surface area contributed by atoms with Gasteiger partial charge in [0.05, 0.1) is 0 Å². The Balaban J connectivity index is 0. The van der Waals surface area contributed by atoms with Crippen molar-refractivity contribution in [3.05, 3.63) is 60.7 Å². The van der Waals surface area contributed by atoms with E-state index in [0.29, 0.717) is 9.52 Å². The van der Waals surface area contributed by atoms with E-state index in [-0.39, 0.29) is 17.1 Å². The average molecular weight is 246 g/mol. The molecule has 0 atom stereocenters. The predicted octanol–water partition coefficient (Wildman–Crippen LogP) is 3.06. The van der Waals surface area contributed by atoms with Crippen LogP contribution in [0.5, 0.6) is 0 Å². The van der Waals surface area contributed by atoms with Crippen molar-refractivity contribution in [3.8, 4) is 0 Å². The molecule has 0 saturated heterocycles. The van der Waals surface area contributed by atoms with Crippen LogP contribution in [-0.4, -0.2) is 9.52 Å². The Morgan fingerprint density at radius 3 is 1.21 bits per heavy atom. The molecule has 0 radical (unpaired) electrons. The first-order chi connectivity index (χ1) is 6.41. The summed E-state index contributed by atoms with van der Waals surface area (Å²) >= 11 is 0. The molecule has 0 fully saturated rings. The Kier molecular flexibility index (Phi) is 16.9. The summed E-state index contributed by atoms with van der Waals surface area (Å²) in [7, 11) is 0.417. The molecule has 0 aromatic heterocycles. The van der Waals surface area contributed by atoms with E-state index in [1.807, 2.05) is 60.7 Å². The van der Waals surface area contributed by atoms with E-state index in [1.54, 1.807) is 0 Å². The molecule has 2 heteroatoms. The Hall–Kier alpha value is -0.564. The maximum atomic E-state index is 2.26. The molecule has 0 heterocycles. The van der Waals surface area contributed by atoms with Gasteiger partial charge in [-0.3, -0.25) is 0 Å². The molecule has 0 aliphatic carbocycles. The van der Waals surface area contributed by atoms with Gasteiger partial charge in [-0.15, -0.1) is 0 Å². The quantitative estimate of drug-likeness (QED) is 0.495. The largest absolute Gasteiger partial charge is 0.748 e. The molecule has 2 aromatic rings. The molecule has 0 aliphatic rings. The normalized spacial score (nSPS) is 7.00. The van der Waals surface area contributed by atoms with Gasteiger partial charge in [0, 0.05) is 26.6 Å². The molecule has 0 aliphatic heterocycles. The van der Waals surface area contributed by atoms with E-state index in [0.717, 1.165) is 0 Å². The summed E-state index contributed by atoms with van der Waals surface area (Å²) in [5.74, 6) is 0. The van der Waals surface area contributed by atoms with Gasteiger partial charge in [-0.1, -0.05) is 13.1 Å². The van der Waals surface area contributed by atoms with Crippen LogP contribution in [0.3, 0.4) is 0 Å². The van der Waals surface area contributed by atoms with E-state index >= 15 is 0 Å². The van der Waals surface area contributed by atoms with Crippen molar-refractivity contribution in [2.45, 2.75) is 13.1 Å². The van der Waals surface area contributed by atoms with E-state index in [4.69, 9.17) is 0 Å². The van der Waals surface area contributed by atoms with Crippen molar-refractivity contribution in [3.63, 3.8) is 0 Å². The summed E-state index contributed by atoms with van der Waals surface area (Å²) in [5, 5.41) is 0. The van der Waals surface area contributed by atoms with Gasteiger partial charge < -0.3 is 30.3 Å². The third kappa shape index (κ3) is 14.0. The zero-order chi connectivity index (χ0) is 9.78. The molecular formula is C12H18FeSi-6. The topological polar surface area (TPSA) is 0 Å². The van der Waals surface area contributed by atoms with E-state index in [2.05, 4.69) is 13.1 Å². The van der Waals surface area contributed by atoms with Crippen LogP contribution in [0, 0.1) is 0 Å². The van der Waals surface area contributed by atoms with Crippen LogP contribution in [0.2, 0.25) is 13.1 Å².